The van der Waals surface area contributed by atoms with E-state index in [0.717, 1.165) is 38.5 Å². The van der Waals surface area contributed by atoms with Crippen molar-refractivity contribution in [2.45, 2.75) is 366 Å². The second-order valence-corrected chi connectivity index (χ2v) is 21.3. The fraction of sp³-hybridized carbons (Fsp3) is 0.951. The van der Waals surface area contributed by atoms with Crippen molar-refractivity contribution in [3.8, 4) is 0 Å². The van der Waals surface area contributed by atoms with Crippen LogP contribution in [0.5, 0.6) is 0 Å². The quantitative estimate of drug-likeness (QED) is 0.0361. The summed E-state index contributed by atoms with van der Waals surface area (Å²) < 4.78 is 0. The molecule has 0 fully saturated rings. The average Bonchev–Trinajstić information content (AvgIpc) is 3.32. The topological polar surface area (TPSA) is 89.8 Å². The van der Waals surface area contributed by atoms with E-state index >= 15 is 0 Å². The maximum absolute atomic E-state index is 12.5. The van der Waals surface area contributed by atoms with Crippen LogP contribution in [0.25, 0.3) is 0 Å². The Morgan fingerprint density at radius 3 is 0.879 bits per heavy atom. The zero-order valence-electron chi connectivity index (χ0n) is 45.1. The zero-order chi connectivity index (χ0) is 47.9. The smallest absolute Gasteiger partial charge is 0.220 e. The predicted molar refractivity (Wildman–Crippen MR) is 292 cm³/mol. The maximum Gasteiger partial charge on any atom is 0.220 e. The summed E-state index contributed by atoms with van der Waals surface area (Å²) in [5.41, 5.74) is 0. The second kappa shape index (κ2) is 56.7. The lowest BCUT2D eigenvalue weighted by atomic mass is 10.0. The largest absolute Gasteiger partial charge is 0.394 e. The third-order valence-corrected chi connectivity index (χ3v) is 14.6. The van der Waals surface area contributed by atoms with Crippen LogP contribution < -0.4 is 5.32 Å². The fourth-order valence-corrected chi connectivity index (χ4v) is 9.93. The fourth-order valence-electron chi connectivity index (χ4n) is 9.93. The molecule has 0 aromatic heterocycles. The number of carbonyl (C=O) groups is 1. The number of hydrogen-bond donors (Lipinski definition) is 4. The van der Waals surface area contributed by atoms with Gasteiger partial charge in [0.1, 0.15) is 6.10 Å². The molecule has 394 valence electrons. The number of rotatable bonds is 57. The molecule has 5 heteroatoms. The Hall–Kier alpha value is -0.910. The Balaban J connectivity index is 3.39. The highest BCUT2D eigenvalue weighted by molar-refractivity contribution is 5.76. The average molecular weight is 933 g/mol. The van der Waals surface area contributed by atoms with Gasteiger partial charge in [-0.1, -0.05) is 315 Å². The van der Waals surface area contributed by atoms with E-state index < -0.39 is 18.2 Å². The molecule has 5 nitrogen and oxygen atoms in total. The number of amides is 1. The Kier molecular flexibility index (Phi) is 55.9. The van der Waals surface area contributed by atoms with Crippen LogP contribution in [0.1, 0.15) is 348 Å². The zero-order valence-corrected chi connectivity index (χ0v) is 45.1. The monoisotopic (exact) mass is 932 g/mol. The van der Waals surface area contributed by atoms with Crippen LogP contribution in [0.2, 0.25) is 0 Å². The van der Waals surface area contributed by atoms with Crippen LogP contribution in [0.4, 0.5) is 0 Å². The van der Waals surface area contributed by atoms with Gasteiger partial charge in [-0.05, 0) is 38.5 Å². The lowest BCUT2D eigenvalue weighted by Gasteiger charge is -2.26. The van der Waals surface area contributed by atoms with Crippen LogP contribution in [0.3, 0.4) is 0 Å². The van der Waals surface area contributed by atoms with E-state index in [1.165, 1.54) is 283 Å². The minimum absolute atomic E-state index is 0.147. The number of aliphatic hydroxyl groups is 3. The van der Waals surface area contributed by atoms with Gasteiger partial charge in [0.25, 0.3) is 0 Å². The SMILES string of the molecule is CCCCCCCCCC/C=C/CCCC(O)C(O)C(CO)NC(=O)CCCCCCCCCCCCCCCCCCCCCCCCCCCCCCCCCCCCCCCCC. The van der Waals surface area contributed by atoms with Gasteiger partial charge < -0.3 is 20.6 Å². The van der Waals surface area contributed by atoms with Gasteiger partial charge in [0, 0.05) is 6.42 Å². The molecule has 0 rings (SSSR count). The van der Waals surface area contributed by atoms with Crippen molar-refractivity contribution in [3.05, 3.63) is 12.2 Å². The molecule has 3 atom stereocenters. The molecule has 0 radical (unpaired) electrons. The van der Waals surface area contributed by atoms with E-state index in [1.807, 2.05) is 0 Å². The van der Waals surface area contributed by atoms with Crippen molar-refractivity contribution in [2.75, 3.05) is 6.61 Å². The highest BCUT2D eigenvalue weighted by Gasteiger charge is 2.26. The van der Waals surface area contributed by atoms with Gasteiger partial charge in [-0.3, -0.25) is 4.79 Å². The summed E-state index contributed by atoms with van der Waals surface area (Å²) in [5.74, 6) is -0.147. The molecule has 0 aliphatic carbocycles. The number of aliphatic hydroxyl groups excluding tert-OH is 3. The van der Waals surface area contributed by atoms with Gasteiger partial charge in [0.2, 0.25) is 5.91 Å². The van der Waals surface area contributed by atoms with Crippen molar-refractivity contribution in [1.82, 2.24) is 5.32 Å². The first kappa shape index (κ1) is 65.1. The van der Waals surface area contributed by atoms with E-state index in [1.54, 1.807) is 0 Å². The highest BCUT2D eigenvalue weighted by Crippen LogP contribution is 2.19. The van der Waals surface area contributed by atoms with Crippen LogP contribution in [0.15, 0.2) is 12.2 Å². The standard InChI is InChI=1S/C61H121NO4/c1-3-5-7-9-11-13-15-17-18-19-20-21-22-23-24-25-26-27-28-29-30-31-32-33-34-35-36-37-38-39-40-41-42-44-46-48-50-52-54-56-60(65)62-58(57-63)61(66)59(64)55-53-51-49-47-45-43-16-14-12-10-8-6-4-2/h47,49,58-59,61,63-64,66H,3-46,48,50-57H2,1-2H3,(H,62,65)/b49-47+. The molecule has 1 amide bonds. The third-order valence-electron chi connectivity index (χ3n) is 14.6. The van der Waals surface area contributed by atoms with Crippen LogP contribution in [-0.2, 0) is 4.79 Å². The summed E-state index contributed by atoms with van der Waals surface area (Å²) in [6, 6.07) is -0.822. The highest BCUT2D eigenvalue weighted by atomic mass is 16.3. The van der Waals surface area contributed by atoms with Gasteiger partial charge in [-0.25, -0.2) is 0 Å². The summed E-state index contributed by atoms with van der Waals surface area (Å²) in [6.45, 7) is 4.19. The maximum atomic E-state index is 12.5. The van der Waals surface area contributed by atoms with Crippen molar-refractivity contribution in [3.63, 3.8) is 0 Å². The molecule has 0 saturated heterocycles. The Labute approximate surface area is 414 Å². The third kappa shape index (κ3) is 51.0. The van der Waals surface area contributed by atoms with Gasteiger partial charge in [0.15, 0.2) is 0 Å². The van der Waals surface area contributed by atoms with Gasteiger partial charge >= 0.3 is 0 Å². The van der Waals surface area contributed by atoms with Crippen molar-refractivity contribution < 1.29 is 20.1 Å². The van der Waals surface area contributed by atoms with Crippen molar-refractivity contribution in [2.24, 2.45) is 0 Å². The number of nitrogens with one attached hydrogen (secondary N) is 1. The molecular formula is C61H121NO4. The molecule has 0 aliphatic heterocycles. The minimum Gasteiger partial charge on any atom is -0.394 e. The summed E-state index contributed by atoms with van der Waals surface area (Å²) in [7, 11) is 0. The van der Waals surface area contributed by atoms with Crippen LogP contribution in [-0.4, -0.2) is 46.1 Å². The minimum atomic E-state index is -1.15. The van der Waals surface area contributed by atoms with Gasteiger partial charge in [0.05, 0.1) is 18.8 Å². The lowest BCUT2D eigenvalue weighted by molar-refractivity contribution is -0.124. The molecular weight excluding hydrogens is 811 g/mol. The molecule has 0 aliphatic rings. The lowest BCUT2D eigenvalue weighted by Crippen LogP contribution is -2.50. The van der Waals surface area contributed by atoms with Gasteiger partial charge in [-0.2, -0.15) is 0 Å². The number of allylic oxidation sites excluding steroid dienone is 2. The van der Waals surface area contributed by atoms with E-state index in [2.05, 4.69) is 31.3 Å². The van der Waals surface area contributed by atoms with Crippen molar-refractivity contribution in [1.29, 1.82) is 0 Å². The number of unbranched alkanes of at least 4 members (excludes halogenated alkanes) is 47. The summed E-state index contributed by atoms with van der Waals surface area (Å²) in [6.07, 6.45) is 71.3. The van der Waals surface area contributed by atoms with Gasteiger partial charge in [-0.15, -0.1) is 0 Å². The Morgan fingerprint density at radius 2 is 0.606 bits per heavy atom. The first-order valence-corrected chi connectivity index (χ1v) is 30.5. The van der Waals surface area contributed by atoms with E-state index in [4.69, 9.17) is 0 Å². The van der Waals surface area contributed by atoms with Crippen LogP contribution >= 0.6 is 0 Å². The molecule has 4 N–H and O–H groups in total. The van der Waals surface area contributed by atoms with Crippen molar-refractivity contribution >= 4 is 5.91 Å². The molecule has 0 aromatic carbocycles. The second-order valence-electron chi connectivity index (χ2n) is 21.3. The Morgan fingerprint density at radius 1 is 0.364 bits per heavy atom. The molecule has 0 heterocycles. The molecule has 0 bridgehead atoms. The predicted octanol–water partition coefficient (Wildman–Crippen LogP) is 19.1. The molecule has 0 aromatic rings. The molecule has 3 unspecified atom stereocenters. The first-order chi connectivity index (χ1) is 32.6. The van der Waals surface area contributed by atoms with E-state index in [9.17, 15) is 20.1 Å². The summed E-state index contributed by atoms with van der Waals surface area (Å²) >= 11 is 0. The Bertz CT molecular complexity index is 940. The molecule has 66 heavy (non-hydrogen) atoms. The summed E-state index contributed by atoms with van der Waals surface area (Å²) in [5, 5.41) is 33.6. The van der Waals surface area contributed by atoms with E-state index in [-0.39, 0.29) is 12.5 Å². The van der Waals surface area contributed by atoms with E-state index in [0.29, 0.717) is 12.8 Å². The van der Waals surface area contributed by atoms with Crippen LogP contribution in [0, 0.1) is 0 Å². The number of hydrogen-bond acceptors (Lipinski definition) is 4. The first-order valence-electron chi connectivity index (χ1n) is 30.5. The number of carbonyl (C=O) groups excluding carboxylic acids is 1. The molecule has 0 saturated carbocycles. The molecule has 0 spiro atoms. The normalized spacial score (nSPS) is 13.2. The summed E-state index contributed by atoms with van der Waals surface area (Å²) in [4.78, 5) is 12.5.